The topological polar surface area (TPSA) is 112 Å². The van der Waals surface area contributed by atoms with Crippen molar-refractivity contribution in [3.8, 4) is 11.5 Å². The van der Waals surface area contributed by atoms with Crippen molar-refractivity contribution in [3.63, 3.8) is 0 Å². The standard InChI is InChI=1S/2C7H6Br2O2.H2O/c2*8-5-1-4(3-10)7(11)6(9)2-5;/h2*1-2,10-11H,3H2;1H2. The predicted octanol–water partition coefficient (Wildman–Crippen LogP) is 3.99. The van der Waals surface area contributed by atoms with Gasteiger partial charge in [-0.1, -0.05) is 31.9 Å². The fraction of sp³-hybridized carbons (Fsp3) is 0.143. The lowest BCUT2D eigenvalue weighted by Gasteiger charge is -2.03. The van der Waals surface area contributed by atoms with E-state index in [2.05, 4.69) is 63.7 Å². The summed E-state index contributed by atoms with van der Waals surface area (Å²) in [6.45, 7) is -0.326. The molecule has 2 aromatic carbocycles. The maximum Gasteiger partial charge on any atom is 0.135 e. The van der Waals surface area contributed by atoms with E-state index in [0.29, 0.717) is 20.1 Å². The Labute approximate surface area is 166 Å². The fourth-order valence-electron chi connectivity index (χ4n) is 1.48. The van der Waals surface area contributed by atoms with Crippen molar-refractivity contribution in [3.05, 3.63) is 53.3 Å². The van der Waals surface area contributed by atoms with Crippen LogP contribution in [0.15, 0.2) is 42.2 Å². The largest absolute Gasteiger partial charge is 0.506 e. The Bertz CT molecular complexity index is 607. The van der Waals surface area contributed by atoms with Crippen LogP contribution >= 0.6 is 63.7 Å². The van der Waals surface area contributed by atoms with Crippen LogP contribution in [0.4, 0.5) is 0 Å². The third kappa shape index (κ3) is 6.69. The van der Waals surface area contributed by atoms with Crippen molar-refractivity contribution >= 4 is 63.7 Å². The van der Waals surface area contributed by atoms with Gasteiger partial charge < -0.3 is 25.9 Å². The van der Waals surface area contributed by atoms with Crippen LogP contribution in [0.25, 0.3) is 0 Å². The van der Waals surface area contributed by atoms with E-state index in [1.54, 1.807) is 24.3 Å². The molecule has 0 amide bonds. The SMILES string of the molecule is O.OCc1cc(Br)cc(Br)c1O.OCc1cc(Br)cc(Br)c1O. The van der Waals surface area contributed by atoms with E-state index in [9.17, 15) is 10.2 Å². The molecule has 0 radical (unpaired) electrons. The van der Waals surface area contributed by atoms with Crippen LogP contribution in [0.1, 0.15) is 11.1 Å². The Hall–Kier alpha value is -0.160. The van der Waals surface area contributed by atoms with Gasteiger partial charge >= 0.3 is 0 Å². The molecule has 6 N–H and O–H groups in total. The number of benzene rings is 2. The lowest BCUT2D eigenvalue weighted by molar-refractivity contribution is 0.275. The molecule has 0 aliphatic heterocycles. The van der Waals surface area contributed by atoms with Gasteiger partial charge in [0.25, 0.3) is 0 Å². The van der Waals surface area contributed by atoms with Gasteiger partial charge in [0, 0.05) is 20.1 Å². The summed E-state index contributed by atoms with van der Waals surface area (Å²) in [6, 6.07) is 6.77. The minimum atomic E-state index is -0.163. The number of hydrogen-bond donors (Lipinski definition) is 4. The number of phenols is 2. The van der Waals surface area contributed by atoms with E-state index in [0.717, 1.165) is 8.95 Å². The summed E-state index contributed by atoms with van der Waals surface area (Å²) in [5.41, 5.74) is 1.01. The normalized spacial score (nSPS) is 9.65. The Kier molecular flexibility index (Phi) is 10.6. The molecule has 9 heteroatoms. The van der Waals surface area contributed by atoms with Crippen molar-refractivity contribution in [2.75, 3.05) is 0 Å². The lowest BCUT2D eigenvalue weighted by atomic mass is 10.2. The first kappa shape index (κ1) is 22.8. The zero-order chi connectivity index (χ0) is 16.9. The van der Waals surface area contributed by atoms with Crippen molar-refractivity contribution in [1.29, 1.82) is 0 Å². The molecule has 0 aliphatic rings. The van der Waals surface area contributed by atoms with E-state index in [1.165, 1.54) is 0 Å². The molecule has 0 saturated heterocycles. The molecule has 0 spiro atoms. The van der Waals surface area contributed by atoms with Crippen molar-refractivity contribution in [1.82, 2.24) is 0 Å². The van der Waals surface area contributed by atoms with Crippen LogP contribution in [-0.4, -0.2) is 25.9 Å². The zero-order valence-electron chi connectivity index (χ0n) is 11.5. The quantitative estimate of drug-likeness (QED) is 0.430. The smallest absolute Gasteiger partial charge is 0.135 e. The molecule has 0 heterocycles. The summed E-state index contributed by atoms with van der Waals surface area (Å²) in [5, 5.41) is 36.1. The molecule has 23 heavy (non-hydrogen) atoms. The molecular formula is C14H14Br4O5. The van der Waals surface area contributed by atoms with Gasteiger partial charge in [0.05, 0.1) is 22.2 Å². The number of aliphatic hydroxyl groups excluding tert-OH is 2. The second kappa shape index (κ2) is 10.7. The Morgan fingerprint density at radius 1 is 0.652 bits per heavy atom. The van der Waals surface area contributed by atoms with Crippen molar-refractivity contribution < 1.29 is 25.9 Å². The molecule has 2 rings (SSSR count). The van der Waals surface area contributed by atoms with E-state index in [1.807, 2.05) is 0 Å². The Balaban J connectivity index is 0.000000403. The van der Waals surface area contributed by atoms with E-state index in [-0.39, 0.29) is 30.2 Å². The van der Waals surface area contributed by atoms with Crippen molar-refractivity contribution in [2.45, 2.75) is 13.2 Å². The van der Waals surface area contributed by atoms with Gasteiger partial charge in [0.1, 0.15) is 11.5 Å². The van der Waals surface area contributed by atoms with E-state index >= 15 is 0 Å². The first-order valence-corrected chi connectivity index (χ1v) is 9.02. The van der Waals surface area contributed by atoms with Gasteiger partial charge in [0.2, 0.25) is 0 Å². The van der Waals surface area contributed by atoms with Crippen LogP contribution in [0.2, 0.25) is 0 Å². The van der Waals surface area contributed by atoms with Gasteiger partial charge in [-0.05, 0) is 56.1 Å². The summed E-state index contributed by atoms with van der Waals surface area (Å²) in [6.07, 6.45) is 0. The summed E-state index contributed by atoms with van der Waals surface area (Å²) in [5.74, 6) is 0.186. The van der Waals surface area contributed by atoms with Crippen LogP contribution < -0.4 is 0 Å². The second-order valence-corrected chi connectivity index (χ2v) is 7.65. The number of halogens is 4. The van der Waals surface area contributed by atoms with Gasteiger partial charge in [-0.2, -0.15) is 0 Å². The number of aliphatic hydroxyl groups is 2. The monoisotopic (exact) mass is 578 g/mol. The minimum absolute atomic E-state index is 0. The average Bonchev–Trinajstić information content (AvgIpc) is 2.47. The molecule has 2 aromatic rings. The summed E-state index contributed by atoms with van der Waals surface area (Å²) < 4.78 is 2.81. The molecule has 0 bridgehead atoms. The highest BCUT2D eigenvalue weighted by atomic mass is 79.9. The van der Waals surface area contributed by atoms with E-state index < -0.39 is 0 Å². The molecule has 0 unspecified atom stereocenters. The number of aromatic hydroxyl groups is 2. The third-order valence-electron chi connectivity index (χ3n) is 2.55. The number of rotatable bonds is 2. The Morgan fingerprint density at radius 3 is 1.22 bits per heavy atom. The van der Waals surface area contributed by atoms with Crippen molar-refractivity contribution in [2.24, 2.45) is 0 Å². The zero-order valence-corrected chi connectivity index (χ0v) is 17.9. The predicted molar refractivity (Wildman–Crippen MR) is 102 cm³/mol. The molecule has 0 fully saturated rings. The number of hydrogen-bond acceptors (Lipinski definition) is 4. The summed E-state index contributed by atoms with van der Waals surface area (Å²) >= 11 is 12.8. The van der Waals surface area contributed by atoms with Crippen LogP contribution in [0, 0.1) is 0 Å². The highest BCUT2D eigenvalue weighted by Gasteiger charge is 2.05. The van der Waals surface area contributed by atoms with Crippen LogP contribution in [0.3, 0.4) is 0 Å². The van der Waals surface area contributed by atoms with Gasteiger partial charge in [-0.25, -0.2) is 0 Å². The maximum atomic E-state index is 9.29. The molecule has 0 saturated carbocycles. The maximum absolute atomic E-state index is 9.29. The molecular weight excluding hydrogens is 568 g/mol. The first-order chi connectivity index (χ1) is 10.3. The summed E-state index contributed by atoms with van der Waals surface area (Å²) in [7, 11) is 0. The van der Waals surface area contributed by atoms with Gasteiger partial charge in [0.15, 0.2) is 0 Å². The lowest BCUT2D eigenvalue weighted by Crippen LogP contribution is -1.84. The van der Waals surface area contributed by atoms with Crippen LogP contribution in [-0.2, 0) is 13.2 Å². The minimum Gasteiger partial charge on any atom is -0.506 e. The van der Waals surface area contributed by atoms with Gasteiger partial charge in [-0.3, -0.25) is 0 Å². The third-order valence-corrected chi connectivity index (χ3v) is 4.68. The molecule has 5 nitrogen and oxygen atoms in total. The fourth-order valence-corrected chi connectivity index (χ4v) is 4.11. The first-order valence-electron chi connectivity index (χ1n) is 5.85. The highest BCUT2D eigenvalue weighted by Crippen LogP contribution is 2.32. The average molecular weight is 582 g/mol. The highest BCUT2D eigenvalue weighted by molar-refractivity contribution is 9.11. The summed E-state index contributed by atoms with van der Waals surface area (Å²) in [4.78, 5) is 0. The van der Waals surface area contributed by atoms with Crippen LogP contribution in [0.5, 0.6) is 11.5 Å². The second-order valence-electron chi connectivity index (χ2n) is 4.11. The molecule has 0 atom stereocenters. The van der Waals surface area contributed by atoms with E-state index in [4.69, 9.17) is 10.2 Å². The molecule has 0 aromatic heterocycles. The molecule has 0 aliphatic carbocycles. The molecule has 128 valence electrons. The Morgan fingerprint density at radius 2 is 0.957 bits per heavy atom. The van der Waals surface area contributed by atoms with Gasteiger partial charge in [-0.15, -0.1) is 0 Å².